The van der Waals surface area contributed by atoms with Crippen LogP contribution in [0.25, 0.3) is 0 Å². The molecule has 0 aromatic heterocycles. The van der Waals surface area contributed by atoms with Crippen molar-refractivity contribution in [1.82, 2.24) is 9.80 Å². The SMILES string of the molecule is CCCN1C(=O)c2ccccc2[C@@H](C(=O)N2CCC(C)CC2)[C@H]1c1cc(OC)c(OC)c(OC)c1. The Bertz CT molecular complexity index is 1050. The molecule has 7 nitrogen and oxygen atoms in total. The van der Waals surface area contributed by atoms with Gasteiger partial charge in [0.1, 0.15) is 0 Å². The molecule has 0 radical (unpaired) electrons. The smallest absolute Gasteiger partial charge is 0.254 e. The van der Waals surface area contributed by atoms with E-state index in [0.717, 1.165) is 43.5 Å². The number of ether oxygens (including phenoxy) is 3. The van der Waals surface area contributed by atoms with E-state index in [4.69, 9.17) is 14.2 Å². The summed E-state index contributed by atoms with van der Waals surface area (Å²) in [6.07, 6.45) is 2.76. The average molecular weight is 481 g/mol. The van der Waals surface area contributed by atoms with Gasteiger partial charge in [-0.05, 0) is 54.5 Å². The number of methoxy groups -OCH3 is 3. The predicted octanol–water partition coefficient (Wildman–Crippen LogP) is 4.66. The summed E-state index contributed by atoms with van der Waals surface area (Å²) in [5.41, 5.74) is 2.18. The molecule has 2 aromatic rings. The standard InChI is InChI=1S/C28H36N2O5/c1-6-13-30-25(19-16-22(33-3)26(35-5)23(17-19)34-4)24(20-9-7-8-10-21(20)27(30)31)28(32)29-14-11-18(2)12-15-29/h7-10,16-18,24-25H,6,11-15H2,1-5H3/t24-,25-/m1/s1. The van der Waals surface area contributed by atoms with Gasteiger partial charge in [0.25, 0.3) is 5.91 Å². The maximum absolute atomic E-state index is 14.2. The van der Waals surface area contributed by atoms with Gasteiger partial charge in [-0.25, -0.2) is 0 Å². The van der Waals surface area contributed by atoms with Crippen molar-refractivity contribution in [2.45, 2.75) is 45.1 Å². The second-order valence-electron chi connectivity index (χ2n) is 9.47. The molecule has 0 aliphatic carbocycles. The monoisotopic (exact) mass is 480 g/mol. The van der Waals surface area contributed by atoms with Crippen molar-refractivity contribution in [2.75, 3.05) is 41.0 Å². The highest BCUT2D eigenvalue weighted by atomic mass is 16.5. The summed E-state index contributed by atoms with van der Waals surface area (Å²) in [4.78, 5) is 31.7. The molecule has 0 unspecified atom stereocenters. The predicted molar refractivity (Wildman–Crippen MR) is 134 cm³/mol. The van der Waals surface area contributed by atoms with E-state index in [1.54, 1.807) is 21.3 Å². The van der Waals surface area contributed by atoms with Gasteiger partial charge in [0.2, 0.25) is 11.7 Å². The number of hydrogen-bond donors (Lipinski definition) is 0. The lowest BCUT2D eigenvalue weighted by Gasteiger charge is -2.44. The molecule has 35 heavy (non-hydrogen) atoms. The third-order valence-corrected chi connectivity index (χ3v) is 7.29. The minimum atomic E-state index is -0.522. The van der Waals surface area contributed by atoms with Crippen molar-refractivity contribution in [2.24, 2.45) is 5.92 Å². The molecule has 0 bridgehead atoms. The van der Waals surface area contributed by atoms with E-state index in [-0.39, 0.29) is 11.8 Å². The van der Waals surface area contributed by atoms with E-state index in [1.807, 2.05) is 53.1 Å². The van der Waals surface area contributed by atoms with E-state index in [9.17, 15) is 9.59 Å². The van der Waals surface area contributed by atoms with Crippen LogP contribution in [0, 0.1) is 5.92 Å². The van der Waals surface area contributed by atoms with Crippen LogP contribution in [0.2, 0.25) is 0 Å². The molecular weight excluding hydrogens is 444 g/mol. The van der Waals surface area contributed by atoms with Crippen LogP contribution < -0.4 is 14.2 Å². The molecule has 2 aliphatic heterocycles. The summed E-state index contributed by atoms with van der Waals surface area (Å²) in [7, 11) is 4.71. The van der Waals surface area contributed by atoms with E-state index in [2.05, 4.69) is 6.92 Å². The van der Waals surface area contributed by atoms with Crippen molar-refractivity contribution in [3.63, 3.8) is 0 Å². The van der Waals surface area contributed by atoms with Crippen LogP contribution in [0.15, 0.2) is 36.4 Å². The van der Waals surface area contributed by atoms with Crippen LogP contribution in [0.5, 0.6) is 17.2 Å². The molecule has 0 N–H and O–H groups in total. The second kappa shape index (κ2) is 10.6. The Kier molecular flexibility index (Phi) is 7.53. The van der Waals surface area contributed by atoms with Gasteiger partial charge in [-0.1, -0.05) is 32.0 Å². The van der Waals surface area contributed by atoms with Gasteiger partial charge in [0.05, 0.1) is 33.3 Å². The maximum atomic E-state index is 14.2. The molecule has 2 aliphatic rings. The average Bonchev–Trinajstić information content (AvgIpc) is 2.89. The van der Waals surface area contributed by atoms with Gasteiger partial charge in [0.15, 0.2) is 11.5 Å². The zero-order valence-corrected chi connectivity index (χ0v) is 21.4. The lowest BCUT2D eigenvalue weighted by molar-refractivity contribution is -0.136. The van der Waals surface area contributed by atoms with Crippen molar-refractivity contribution in [3.8, 4) is 17.2 Å². The molecule has 2 amide bonds. The van der Waals surface area contributed by atoms with Crippen molar-refractivity contribution in [1.29, 1.82) is 0 Å². The van der Waals surface area contributed by atoms with Crippen LogP contribution in [0.1, 0.15) is 66.6 Å². The van der Waals surface area contributed by atoms with E-state index < -0.39 is 12.0 Å². The normalized spacial score (nSPS) is 20.4. The Morgan fingerprint density at radius 2 is 1.63 bits per heavy atom. The molecule has 2 heterocycles. The molecular formula is C28H36N2O5. The van der Waals surface area contributed by atoms with Crippen molar-refractivity contribution >= 4 is 11.8 Å². The fraction of sp³-hybridized carbons (Fsp3) is 0.500. The number of hydrogen-bond acceptors (Lipinski definition) is 5. The fourth-order valence-corrected chi connectivity index (χ4v) is 5.41. The molecule has 0 spiro atoms. The van der Waals surface area contributed by atoms with Crippen LogP contribution in [0.4, 0.5) is 0 Å². The van der Waals surface area contributed by atoms with Gasteiger partial charge in [-0.3, -0.25) is 9.59 Å². The summed E-state index contributed by atoms with van der Waals surface area (Å²) in [6, 6.07) is 10.8. The highest BCUT2D eigenvalue weighted by Crippen LogP contribution is 2.48. The third kappa shape index (κ3) is 4.56. The molecule has 0 saturated carbocycles. The van der Waals surface area contributed by atoms with Gasteiger partial charge in [0, 0.05) is 25.2 Å². The number of carbonyl (C=O) groups is 2. The minimum absolute atomic E-state index is 0.0579. The molecule has 2 aromatic carbocycles. The third-order valence-electron chi connectivity index (χ3n) is 7.29. The summed E-state index contributed by atoms with van der Waals surface area (Å²) < 4.78 is 16.8. The highest BCUT2D eigenvalue weighted by Gasteiger charge is 2.46. The zero-order valence-electron chi connectivity index (χ0n) is 21.4. The first-order valence-corrected chi connectivity index (χ1v) is 12.4. The van der Waals surface area contributed by atoms with Gasteiger partial charge in [-0.15, -0.1) is 0 Å². The molecule has 1 saturated heterocycles. The van der Waals surface area contributed by atoms with E-state index in [1.165, 1.54) is 0 Å². The Morgan fingerprint density at radius 3 is 2.20 bits per heavy atom. The zero-order chi connectivity index (χ0) is 25.1. The molecule has 1 fully saturated rings. The second-order valence-corrected chi connectivity index (χ2v) is 9.47. The molecule has 7 heteroatoms. The fourth-order valence-electron chi connectivity index (χ4n) is 5.41. The van der Waals surface area contributed by atoms with Crippen LogP contribution in [0.3, 0.4) is 0 Å². The summed E-state index contributed by atoms with van der Waals surface area (Å²) in [6.45, 7) is 6.29. The summed E-state index contributed by atoms with van der Waals surface area (Å²) in [5, 5.41) is 0. The topological polar surface area (TPSA) is 68.3 Å². The quantitative estimate of drug-likeness (QED) is 0.577. The number of nitrogens with zero attached hydrogens (tertiary/aromatic N) is 2. The largest absolute Gasteiger partial charge is 0.493 e. The Balaban J connectivity index is 1.90. The maximum Gasteiger partial charge on any atom is 0.254 e. The van der Waals surface area contributed by atoms with Crippen LogP contribution in [-0.4, -0.2) is 62.6 Å². The van der Waals surface area contributed by atoms with Crippen molar-refractivity contribution < 1.29 is 23.8 Å². The first-order chi connectivity index (χ1) is 16.9. The minimum Gasteiger partial charge on any atom is -0.493 e. The summed E-state index contributed by atoms with van der Waals surface area (Å²) in [5.74, 6) is 1.59. The first-order valence-electron chi connectivity index (χ1n) is 12.4. The summed E-state index contributed by atoms with van der Waals surface area (Å²) >= 11 is 0. The number of fused-ring (bicyclic) bond motifs is 1. The number of piperidine rings is 1. The molecule has 188 valence electrons. The van der Waals surface area contributed by atoms with Gasteiger partial charge >= 0.3 is 0 Å². The lowest BCUT2D eigenvalue weighted by atomic mass is 9.78. The molecule has 4 rings (SSSR count). The number of carbonyl (C=O) groups excluding carboxylic acids is 2. The first kappa shape index (κ1) is 24.9. The highest BCUT2D eigenvalue weighted by molar-refractivity contribution is 6.01. The molecule has 2 atom stereocenters. The van der Waals surface area contributed by atoms with E-state index >= 15 is 0 Å². The van der Waals surface area contributed by atoms with Crippen LogP contribution >= 0.6 is 0 Å². The van der Waals surface area contributed by atoms with Crippen molar-refractivity contribution in [3.05, 3.63) is 53.1 Å². The number of amides is 2. The van der Waals surface area contributed by atoms with Gasteiger partial charge in [-0.2, -0.15) is 0 Å². The Hall–Kier alpha value is -3.22. The number of likely N-dealkylation sites (tertiary alicyclic amines) is 1. The lowest BCUT2D eigenvalue weighted by Crippen LogP contribution is -2.49. The Labute approximate surface area is 207 Å². The van der Waals surface area contributed by atoms with E-state index in [0.29, 0.717) is 35.3 Å². The number of rotatable bonds is 7. The Morgan fingerprint density at radius 1 is 1.00 bits per heavy atom. The van der Waals surface area contributed by atoms with Crippen LogP contribution in [-0.2, 0) is 4.79 Å². The number of benzene rings is 2. The van der Waals surface area contributed by atoms with Gasteiger partial charge < -0.3 is 24.0 Å².